The van der Waals surface area contributed by atoms with Crippen LogP contribution in [0.4, 0.5) is 0 Å². The zero-order valence-electron chi connectivity index (χ0n) is 14.4. The minimum absolute atomic E-state index is 0.175. The van der Waals surface area contributed by atoms with Crippen molar-refractivity contribution in [1.29, 1.82) is 0 Å². The molecule has 132 valence electrons. The van der Waals surface area contributed by atoms with Gasteiger partial charge in [-0.05, 0) is 37.6 Å². The third kappa shape index (κ3) is 3.81. The number of rotatable bonds is 4. The minimum atomic E-state index is -0.427. The highest BCUT2D eigenvalue weighted by atomic mass is 35.5. The number of halogens is 1. The SMILES string of the molecule is Cc1cc(C)c2ccc(=O)n(CC(=O)NN=Cc3ccccc3Cl)c2n1. The first-order valence-corrected chi connectivity index (χ1v) is 8.38. The molecule has 2 aromatic heterocycles. The molecule has 26 heavy (non-hydrogen) atoms. The quantitative estimate of drug-likeness (QED) is 0.568. The molecule has 3 rings (SSSR count). The normalized spacial score (nSPS) is 11.2. The number of nitrogens with one attached hydrogen (secondary N) is 1. The number of aromatic nitrogens is 2. The lowest BCUT2D eigenvalue weighted by Gasteiger charge is -2.10. The average molecular weight is 369 g/mol. The molecule has 0 aliphatic rings. The van der Waals surface area contributed by atoms with Crippen molar-refractivity contribution >= 4 is 34.8 Å². The smallest absolute Gasteiger partial charge is 0.260 e. The van der Waals surface area contributed by atoms with Crippen molar-refractivity contribution in [2.24, 2.45) is 5.10 Å². The van der Waals surface area contributed by atoms with Crippen LogP contribution in [0, 0.1) is 13.8 Å². The van der Waals surface area contributed by atoms with E-state index in [1.807, 2.05) is 32.0 Å². The summed E-state index contributed by atoms with van der Waals surface area (Å²) in [6.07, 6.45) is 1.46. The maximum atomic E-state index is 12.2. The number of pyridine rings is 2. The maximum absolute atomic E-state index is 12.2. The second-order valence-corrected chi connectivity index (χ2v) is 6.30. The maximum Gasteiger partial charge on any atom is 0.260 e. The van der Waals surface area contributed by atoms with Gasteiger partial charge in [-0.15, -0.1) is 0 Å². The molecule has 0 bridgehead atoms. The number of carbonyl (C=O) groups is 1. The van der Waals surface area contributed by atoms with Crippen molar-refractivity contribution in [2.75, 3.05) is 0 Å². The van der Waals surface area contributed by atoms with E-state index in [1.54, 1.807) is 18.2 Å². The highest BCUT2D eigenvalue weighted by Gasteiger charge is 2.10. The lowest BCUT2D eigenvalue weighted by atomic mass is 10.1. The molecule has 0 fully saturated rings. The lowest BCUT2D eigenvalue weighted by molar-refractivity contribution is -0.121. The average Bonchev–Trinajstić information content (AvgIpc) is 2.59. The van der Waals surface area contributed by atoms with E-state index in [1.165, 1.54) is 16.8 Å². The second-order valence-electron chi connectivity index (χ2n) is 5.89. The Hall–Kier alpha value is -2.99. The first-order valence-electron chi connectivity index (χ1n) is 8.00. The van der Waals surface area contributed by atoms with Crippen molar-refractivity contribution < 1.29 is 4.79 Å². The number of carbonyl (C=O) groups excluding carboxylic acids is 1. The van der Waals surface area contributed by atoms with Gasteiger partial charge in [0.25, 0.3) is 11.5 Å². The molecule has 1 amide bonds. The summed E-state index contributed by atoms with van der Waals surface area (Å²) in [5.74, 6) is -0.427. The van der Waals surface area contributed by atoms with Gasteiger partial charge < -0.3 is 0 Å². The summed E-state index contributed by atoms with van der Waals surface area (Å²) in [6.45, 7) is 3.62. The second kappa shape index (κ2) is 7.49. The highest BCUT2D eigenvalue weighted by molar-refractivity contribution is 6.33. The summed E-state index contributed by atoms with van der Waals surface area (Å²) in [5.41, 5.74) is 5.07. The first-order chi connectivity index (χ1) is 12.5. The van der Waals surface area contributed by atoms with E-state index in [9.17, 15) is 9.59 Å². The van der Waals surface area contributed by atoms with Crippen molar-refractivity contribution in [3.05, 3.63) is 74.7 Å². The van der Waals surface area contributed by atoms with E-state index < -0.39 is 5.91 Å². The summed E-state index contributed by atoms with van der Waals surface area (Å²) < 4.78 is 1.34. The van der Waals surface area contributed by atoms with Crippen LogP contribution in [0.2, 0.25) is 5.02 Å². The Morgan fingerprint density at radius 3 is 2.81 bits per heavy atom. The fourth-order valence-electron chi connectivity index (χ4n) is 2.67. The summed E-state index contributed by atoms with van der Waals surface area (Å²) in [6, 6.07) is 12.2. The number of benzene rings is 1. The topological polar surface area (TPSA) is 76.3 Å². The van der Waals surface area contributed by atoms with Crippen molar-refractivity contribution in [2.45, 2.75) is 20.4 Å². The molecule has 0 aliphatic heterocycles. The number of hydrazone groups is 1. The molecule has 0 unspecified atom stereocenters. The molecular formula is C19H17ClN4O2. The zero-order valence-corrected chi connectivity index (χ0v) is 15.1. The molecule has 0 saturated carbocycles. The molecular weight excluding hydrogens is 352 g/mol. The summed E-state index contributed by atoms with van der Waals surface area (Å²) in [7, 11) is 0. The van der Waals surface area contributed by atoms with Gasteiger partial charge in [-0.25, -0.2) is 10.4 Å². The van der Waals surface area contributed by atoms with Gasteiger partial charge in [-0.3, -0.25) is 14.2 Å². The monoisotopic (exact) mass is 368 g/mol. The Bertz CT molecular complexity index is 1070. The van der Waals surface area contributed by atoms with Gasteiger partial charge >= 0.3 is 0 Å². The van der Waals surface area contributed by atoms with Crippen LogP contribution in [-0.4, -0.2) is 21.7 Å². The highest BCUT2D eigenvalue weighted by Crippen LogP contribution is 2.16. The van der Waals surface area contributed by atoms with Crippen LogP contribution in [-0.2, 0) is 11.3 Å². The molecule has 1 N–H and O–H groups in total. The van der Waals surface area contributed by atoms with Gasteiger partial charge in [0.05, 0.1) is 6.21 Å². The van der Waals surface area contributed by atoms with Crippen LogP contribution in [0.1, 0.15) is 16.8 Å². The number of aryl methyl sites for hydroxylation is 2. The minimum Gasteiger partial charge on any atom is -0.283 e. The van der Waals surface area contributed by atoms with Crippen molar-refractivity contribution in [3.63, 3.8) is 0 Å². The molecule has 1 aromatic carbocycles. The molecule has 3 aromatic rings. The van der Waals surface area contributed by atoms with Crippen molar-refractivity contribution in [3.8, 4) is 0 Å². The predicted molar refractivity (Wildman–Crippen MR) is 103 cm³/mol. The molecule has 6 nitrogen and oxygen atoms in total. The van der Waals surface area contributed by atoms with Crippen molar-refractivity contribution in [1.82, 2.24) is 15.0 Å². The number of fused-ring (bicyclic) bond motifs is 1. The summed E-state index contributed by atoms with van der Waals surface area (Å²) in [5, 5.41) is 5.27. The Morgan fingerprint density at radius 2 is 2.04 bits per heavy atom. The summed E-state index contributed by atoms with van der Waals surface area (Å²) >= 11 is 6.03. The van der Waals surface area contributed by atoms with E-state index >= 15 is 0 Å². The van der Waals surface area contributed by atoms with Crippen LogP contribution < -0.4 is 11.0 Å². The molecule has 7 heteroatoms. The number of nitrogens with zero attached hydrogens (tertiary/aromatic N) is 3. The van der Waals surface area contributed by atoms with Crippen LogP contribution in [0.5, 0.6) is 0 Å². The lowest BCUT2D eigenvalue weighted by Crippen LogP contribution is -2.30. The Balaban J connectivity index is 1.83. The van der Waals surface area contributed by atoms with Crippen LogP contribution in [0.3, 0.4) is 0 Å². The van der Waals surface area contributed by atoms with Gasteiger partial charge in [0.1, 0.15) is 12.2 Å². The van der Waals surface area contributed by atoms with Gasteiger partial charge in [0.15, 0.2) is 0 Å². The Kier molecular flexibility index (Phi) is 5.14. The summed E-state index contributed by atoms with van der Waals surface area (Å²) in [4.78, 5) is 28.8. The van der Waals surface area contributed by atoms with Crippen LogP contribution in [0.15, 0.2) is 52.4 Å². The standard InChI is InChI=1S/C19H17ClN4O2/c1-12-9-13(2)22-19-15(12)7-8-18(26)24(19)11-17(25)23-21-10-14-5-3-4-6-16(14)20/h3-10H,11H2,1-2H3,(H,23,25). The van der Waals surface area contributed by atoms with E-state index in [2.05, 4.69) is 15.5 Å². The zero-order chi connectivity index (χ0) is 18.7. The third-order valence-electron chi connectivity index (χ3n) is 3.89. The van der Waals surface area contributed by atoms with E-state index in [-0.39, 0.29) is 12.1 Å². The van der Waals surface area contributed by atoms with E-state index in [0.717, 1.165) is 16.6 Å². The van der Waals surface area contributed by atoms with E-state index in [4.69, 9.17) is 11.6 Å². The number of hydrogen-bond acceptors (Lipinski definition) is 4. The van der Waals surface area contributed by atoms with Gasteiger partial charge in [-0.2, -0.15) is 5.10 Å². The van der Waals surface area contributed by atoms with Gasteiger partial charge in [0, 0.05) is 27.7 Å². The molecule has 2 heterocycles. The van der Waals surface area contributed by atoms with Gasteiger partial charge in [0.2, 0.25) is 0 Å². The van der Waals surface area contributed by atoms with E-state index in [0.29, 0.717) is 16.2 Å². The van der Waals surface area contributed by atoms with Gasteiger partial charge in [-0.1, -0.05) is 29.8 Å². The van der Waals surface area contributed by atoms with Crippen LogP contribution in [0.25, 0.3) is 11.0 Å². The molecule has 0 aliphatic carbocycles. The molecule has 0 saturated heterocycles. The molecule has 0 atom stereocenters. The first kappa shape index (κ1) is 17.8. The number of amides is 1. The fourth-order valence-corrected chi connectivity index (χ4v) is 2.86. The Morgan fingerprint density at radius 1 is 1.27 bits per heavy atom. The predicted octanol–water partition coefficient (Wildman–Crippen LogP) is 2.82. The fraction of sp³-hybridized carbons (Fsp3) is 0.158. The largest absolute Gasteiger partial charge is 0.283 e. The molecule has 0 radical (unpaired) electrons. The Labute approximate surface area is 155 Å². The number of hydrogen-bond donors (Lipinski definition) is 1. The van der Waals surface area contributed by atoms with Crippen LogP contribution >= 0.6 is 11.6 Å². The molecule has 0 spiro atoms. The third-order valence-corrected chi connectivity index (χ3v) is 4.23.